The standard InChI is InChI=1S/C20H15F4N3/c1-19(21,22)20(23,24)18-16-11-25-17(13-7-3-2-4-8-13)14-9-5-6-10-15(14)27(16)12-26-18/h2-10,12H,11H2,1H3. The Kier molecular flexibility index (Phi) is 3.91. The summed E-state index contributed by atoms with van der Waals surface area (Å²) in [4.78, 5) is 8.12. The van der Waals surface area contributed by atoms with Gasteiger partial charge < -0.3 is 4.57 Å². The molecule has 0 saturated carbocycles. The van der Waals surface area contributed by atoms with Gasteiger partial charge in [0.1, 0.15) is 12.0 Å². The summed E-state index contributed by atoms with van der Waals surface area (Å²) in [5.41, 5.74) is 1.74. The van der Waals surface area contributed by atoms with Crippen molar-refractivity contribution in [1.82, 2.24) is 9.55 Å². The number of nitrogens with zero attached hydrogens (tertiary/aromatic N) is 3. The third-order valence-electron chi connectivity index (χ3n) is 4.57. The summed E-state index contributed by atoms with van der Waals surface area (Å²) >= 11 is 0. The molecule has 1 aliphatic heterocycles. The molecule has 0 atom stereocenters. The highest BCUT2D eigenvalue weighted by Gasteiger charge is 2.56. The minimum atomic E-state index is -4.39. The van der Waals surface area contributed by atoms with E-state index in [1.807, 2.05) is 42.5 Å². The van der Waals surface area contributed by atoms with E-state index in [2.05, 4.69) is 9.98 Å². The highest BCUT2D eigenvalue weighted by atomic mass is 19.3. The van der Waals surface area contributed by atoms with Crippen molar-refractivity contribution >= 4 is 5.71 Å². The largest absolute Gasteiger partial charge is 0.353 e. The van der Waals surface area contributed by atoms with Gasteiger partial charge in [-0.05, 0) is 6.07 Å². The van der Waals surface area contributed by atoms with E-state index in [1.54, 1.807) is 12.1 Å². The zero-order valence-corrected chi connectivity index (χ0v) is 14.3. The average Bonchev–Trinajstić information content (AvgIpc) is 3.00. The molecular weight excluding hydrogens is 358 g/mol. The number of rotatable bonds is 3. The molecule has 4 rings (SSSR count). The van der Waals surface area contributed by atoms with Crippen molar-refractivity contribution in [2.24, 2.45) is 4.99 Å². The number of alkyl halides is 4. The molecule has 0 radical (unpaired) electrons. The summed E-state index contributed by atoms with van der Waals surface area (Å²) in [6.45, 7) is 0.0158. The molecule has 0 fully saturated rings. The van der Waals surface area contributed by atoms with Crippen LogP contribution >= 0.6 is 0 Å². The molecule has 1 aliphatic rings. The van der Waals surface area contributed by atoms with E-state index in [9.17, 15) is 17.6 Å². The van der Waals surface area contributed by atoms with Crippen molar-refractivity contribution in [3.8, 4) is 5.69 Å². The molecule has 0 bridgehead atoms. The van der Waals surface area contributed by atoms with Gasteiger partial charge in [-0.25, -0.2) is 4.98 Å². The lowest BCUT2D eigenvalue weighted by atomic mass is 10.0. The zero-order valence-electron chi connectivity index (χ0n) is 14.3. The number of halogens is 4. The number of hydrogen-bond donors (Lipinski definition) is 0. The van der Waals surface area contributed by atoms with Gasteiger partial charge in [0, 0.05) is 18.1 Å². The highest BCUT2D eigenvalue weighted by molar-refractivity contribution is 6.15. The fourth-order valence-electron chi connectivity index (χ4n) is 3.17. The van der Waals surface area contributed by atoms with E-state index < -0.39 is 17.5 Å². The van der Waals surface area contributed by atoms with E-state index in [0.717, 1.165) is 17.5 Å². The third-order valence-corrected chi connectivity index (χ3v) is 4.57. The summed E-state index contributed by atoms with van der Waals surface area (Å²) in [7, 11) is 0. The summed E-state index contributed by atoms with van der Waals surface area (Å²) in [6.07, 6.45) is 1.16. The van der Waals surface area contributed by atoms with Crippen molar-refractivity contribution in [2.75, 3.05) is 0 Å². The number of aliphatic imine (C=N–C) groups is 1. The Labute approximate surface area is 153 Å². The van der Waals surface area contributed by atoms with Crippen LogP contribution in [0.15, 0.2) is 65.9 Å². The molecule has 0 amide bonds. The fourth-order valence-corrected chi connectivity index (χ4v) is 3.17. The molecule has 1 aromatic heterocycles. The first-order chi connectivity index (χ1) is 12.8. The molecule has 0 N–H and O–H groups in total. The van der Waals surface area contributed by atoms with Gasteiger partial charge in [0.05, 0.1) is 23.6 Å². The quantitative estimate of drug-likeness (QED) is 0.596. The van der Waals surface area contributed by atoms with E-state index in [-0.39, 0.29) is 19.2 Å². The number of hydrogen-bond acceptors (Lipinski definition) is 2. The first kappa shape index (κ1) is 17.5. The molecule has 138 valence electrons. The van der Waals surface area contributed by atoms with Crippen LogP contribution in [0.2, 0.25) is 0 Å². The Balaban J connectivity index is 1.94. The summed E-state index contributed by atoms with van der Waals surface area (Å²) < 4.78 is 57.2. The van der Waals surface area contributed by atoms with Crippen molar-refractivity contribution < 1.29 is 17.6 Å². The molecule has 2 heterocycles. The van der Waals surface area contributed by atoms with Crippen LogP contribution in [-0.4, -0.2) is 21.2 Å². The van der Waals surface area contributed by atoms with Crippen LogP contribution < -0.4 is 0 Å². The van der Waals surface area contributed by atoms with Gasteiger partial charge in [0.15, 0.2) is 0 Å². The van der Waals surface area contributed by atoms with E-state index in [0.29, 0.717) is 11.4 Å². The molecule has 2 aromatic carbocycles. The Morgan fingerprint density at radius 2 is 1.59 bits per heavy atom. The fraction of sp³-hybridized carbons (Fsp3) is 0.200. The SMILES string of the molecule is CC(F)(F)C(F)(F)c1ncn2c1CN=C(c1ccccc1)c1ccccc1-2. The van der Waals surface area contributed by atoms with Crippen LogP contribution in [0.4, 0.5) is 17.6 Å². The first-order valence-corrected chi connectivity index (χ1v) is 8.32. The lowest BCUT2D eigenvalue weighted by Crippen LogP contribution is -2.36. The van der Waals surface area contributed by atoms with Gasteiger partial charge >= 0.3 is 11.8 Å². The number of imidazole rings is 1. The smallest absolute Gasteiger partial charge is 0.300 e. The Bertz CT molecular complexity index is 1020. The van der Waals surface area contributed by atoms with E-state index in [1.165, 1.54) is 4.57 Å². The van der Waals surface area contributed by atoms with Gasteiger partial charge in [0.2, 0.25) is 0 Å². The van der Waals surface area contributed by atoms with Gasteiger partial charge in [-0.3, -0.25) is 4.99 Å². The topological polar surface area (TPSA) is 30.2 Å². The van der Waals surface area contributed by atoms with Crippen molar-refractivity contribution in [1.29, 1.82) is 0 Å². The highest BCUT2D eigenvalue weighted by Crippen LogP contribution is 2.44. The van der Waals surface area contributed by atoms with Crippen molar-refractivity contribution in [3.63, 3.8) is 0 Å². The second kappa shape index (κ2) is 6.04. The molecule has 0 spiro atoms. The minimum Gasteiger partial charge on any atom is -0.300 e. The van der Waals surface area contributed by atoms with Gasteiger partial charge in [0.25, 0.3) is 0 Å². The van der Waals surface area contributed by atoms with Gasteiger partial charge in [-0.15, -0.1) is 0 Å². The maximum absolute atomic E-state index is 14.3. The second-order valence-corrected chi connectivity index (χ2v) is 6.42. The maximum Gasteiger partial charge on any atom is 0.353 e. The predicted octanol–water partition coefficient (Wildman–Crippen LogP) is 4.97. The zero-order chi connectivity index (χ0) is 19.2. The molecular formula is C20H15F4N3. The van der Waals surface area contributed by atoms with Gasteiger partial charge in [-0.2, -0.15) is 17.6 Å². The molecule has 0 unspecified atom stereocenters. The van der Waals surface area contributed by atoms with Gasteiger partial charge in [-0.1, -0.05) is 48.5 Å². The monoisotopic (exact) mass is 373 g/mol. The normalized spacial score (nSPS) is 14.2. The molecule has 7 heteroatoms. The van der Waals surface area contributed by atoms with E-state index in [4.69, 9.17) is 0 Å². The Hall–Kier alpha value is -2.96. The summed E-state index contributed by atoms with van der Waals surface area (Å²) in [6, 6.07) is 16.4. The number of benzene rings is 2. The maximum atomic E-state index is 14.3. The Morgan fingerprint density at radius 3 is 2.30 bits per heavy atom. The number of fused-ring (bicyclic) bond motifs is 3. The molecule has 3 nitrogen and oxygen atoms in total. The van der Waals surface area contributed by atoms with Crippen LogP contribution in [0.25, 0.3) is 5.69 Å². The third kappa shape index (κ3) is 2.74. The molecule has 0 saturated heterocycles. The lowest BCUT2D eigenvalue weighted by Gasteiger charge is -2.22. The van der Waals surface area contributed by atoms with Crippen molar-refractivity contribution in [2.45, 2.75) is 25.3 Å². The molecule has 27 heavy (non-hydrogen) atoms. The summed E-state index contributed by atoms with van der Waals surface area (Å²) in [5, 5.41) is 0. The van der Waals surface area contributed by atoms with Crippen LogP contribution in [-0.2, 0) is 12.5 Å². The number of para-hydroxylation sites is 1. The predicted molar refractivity (Wildman–Crippen MR) is 93.9 cm³/mol. The lowest BCUT2D eigenvalue weighted by molar-refractivity contribution is -0.207. The minimum absolute atomic E-state index is 0.0418. The van der Waals surface area contributed by atoms with Crippen molar-refractivity contribution in [3.05, 3.63) is 83.4 Å². The van der Waals surface area contributed by atoms with Crippen LogP contribution in [0, 0.1) is 0 Å². The second-order valence-electron chi connectivity index (χ2n) is 6.42. The Morgan fingerprint density at radius 1 is 0.926 bits per heavy atom. The number of aromatic nitrogens is 2. The first-order valence-electron chi connectivity index (χ1n) is 8.32. The van der Waals surface area contributed by atoms with Crippen LogP contribution in [0.3, 0.4) is 0 Å². The molecule has 0 aliphatic carbocycles. The average molecular weight is 373 g/mol. The van der Waals surface area contributed by atoms with Crippen LogP contribution in [0.5, 0.6) is 0 Å². The van der Waals surface area contributed by atoms with Crippen LogP contribution in [0.1, 0.15) is 29.4 Å². The molecule has 3 aromatic rings. The van der Waals surface area contributed by atoms with E-state index >= 15 is 0 Å². The summed E-state index contributed by atoms with van der Waals surface area (Å²) in [5.74, 6) is -8.63.